The molecule has 2 amide bonds. The number of carbonyl (C=O) groups is 2. The van der Waals surface area contributed by atoms with Crippen LogP contribution in [0.25, 0.3) is 0 Å². The number of nitrogens with one attached hydrogen (secondary N) is 2. The summed E-state index contributed by atoms with van der Waals surface area (Å²) in [6.07, 6.45) is 0.436. The lowest BCUT2D eigenvalue weighted by atomic mass is 10.3. The average molecular weight is 363 g/mol. The molecule has 0 bridgehead atoms. The summed E-state index contributed by atoms with van der Waals surface area (Å²) in [5, 5.41) is 7.34. The predicted molar refractivity (Wildman–Crippen MR) is 83.7 cm³/mol. The van der Waals surface area contributed by atoms with Gasteiger partial charge in [0.15, 0.2) is 11.4 Å². The topological polar surface area (TPSA) is 176 Å². The van der Waals surface area contributed by atoms with E-state index in [2.05, 4.69) is 10.3 Å². The third-order valence-corrected chi connectivity index (χ3v) is 5.05. The molecule has 0 saturated heterocycles. The van der Waals surface area contributed by atoms with Crippen molar-refractivity contribution in [3.05, 3.63) is 11.4 Å². The maximum absolute atomic E-state index is 12.4. The first-order valence-electron chi connectivity index (χ1n) is 7.25. The molecule has 24 heavy (non-hydrogen) atoms. The molecule has 0 aliphatic heterocycles. The number of nitrogens with two attached hydrogens (primary N) is 2. The molecule has 0 aromatic carbocycles. The molecule has 136 valence electrons. The fourth-order valence-corrected chi connectivity index (χ4v) is 3.61. The molecule has 0 unspecified atom stereocenters. The summed E-state index contributed by atoms with van der Waals surface area (Å²) in [4.78, 5) is 23.5. The van der Waals surface area contributed by atoms with Crippen molar-refractivity contribution in [1.82, 2.24) is 25.8 Å². The molecule has 0 atom stereocenters. The van der Waals surface area contributed by atoms with Gasteiger partial charge in [-0.3, -0.25) is 25.0 Å². The number of carbonyl (C=O) groups excluding carboxylic acids is 2. The lowest BCUT2D eigenvalue weighted by Crippen LogP contribution is -2.36. The molecule has 1 heterocycles. The molecule has 1 aromatic rings. The second kappa shape index (κ2) is 9.45. The van der Waals surface area contributed by atoms with Gasteiger partial charge in [-0.2, -0.15) is 0 Å². The van der Waals surface area contributed by atoms with Gasteiger partial charge >= 0.3 is 7.60 Å². The van der Waals surface area contributed by atoms with Crippen molar-refractivity contribution in [1.29, 1.82) is 0 Å². The Kier molecular flexibility index (Phi) is 7.95. The van der Waals surface area contributed by atoms with Gasteiger partial charge in [-0.05, 0) is 20.3 Å². The number of hydrogen-bond acceptors (Lipinski definition) is 9. The highest BCUT2D eigenvalue weighted by atomic mass is 31.2. The SMILES string of the molecule is CCOP(=O)(CCCn1nnc(C(=O)NN)c1C(=O)NN)OCC. The van der Waals surface area contributed by atoms with Crippen molar-refractivity contribution < 1.29 is 23.2 Å². The Hall–Kier alpha value is -1.85. The minimum Gasteiger partial charge on any atom is -0.309 e. The Morgan fingerprint density at radius 1 is 1.17 bits per heavy atom. The van der Waals surface area contributed by atoms with E-state index in [4.69, 9.17) is 20.7 Å². The number of nitrogens with zero attached hydrogens (tertiary/aromatic N) is 3. The summed E-state index contributed by atoms with van der Waals surface area (Å²) < 4.78 is 23.9. The van der Waals surface area contributed by atoms with Crippen LogP contribution < -0.4 is 22.5 Å². The third kappa shape index (κ3) is 5.08. The van der Waals surface area contributed by atoms with E-state index in [-0.39, 0.29) is 37.3 Å². The number of hydrogen-bond donors (Lipinski definition) is 4. The molecule has 6 N–H and O–H groups in total. The molecule has 0 radical (unpaired) electrons. The summed E-state index contributed by atoms with van der Waals surface area (Å²) >= 11 is 0. The molecule has 0 saturated carbocycles. The molecular formula is C11H22N7O5P. The van der Waals surface area contributed by atoms with Gasteiger partial charge in [-0.15, -0.1) is 5.10 Å². The van der Waals surface area contributed by atoms with Crippen LogP contribution in [0.3, 0.4) is 0 Å². The zero-order valence-electron chi connectivity index (χ0n) is 13.5. The second-order valence-electron chi connectivity index (χ2n) is 4.48. The molecule has 0 fully saturated rings. The summed E-state index contributed by atoms with van der Waals surface area (Å²) in [5.41, 5.74) is 3.36. The minimum absolute atomic E-state index is 0.122. The van der Waals surface area contributed by atoms with Crippen LogP contribution in [0.1, 0.15) is 41.2 Å². The van der Waals surface area contributed by atoms with Gasteiger partial charge in [-0.25, -0.2) is 16.4 Å². The van der Waals surface area contributed by atoms with Gasteiger partial charge in [0.2, 0.25) is 0 Å². The van der Waals surface area contributed by atoms with Crippen molar-refractivity contribution in [2.24, 2.45) is 11.7 Å². The van der Waals surface area contributed by atoms with Gasteiger partial charge in [0, 0.05) is 6.54 Å². The smallest absolute Gasteiger partial charge is 0.309 e. The average Bonchev–Trinajstić information content (AvgIpc) is 2.97. The van der Waals surface area contributed by atoms with E-state index < -0.39 is 19.4 Å². The van der Waals surface area contributed by atoms with Gasteiger partial charge in [-0.1, -0.05) is 5.21 Å². The highest BCUT2D eigenvalue weighted by molar-refractivity contribution is 7.53. The lowest BCUT2D eigenvalue weighted by Gasteiger charge is -2.16. The van der Waals surface area contributed by atoms with Crippen molar-refractivity contribution >= 4 is 19.4 Å². The number of nitrogen functional groups attached to an aromatic ring is 2. The van der Waals surface area contributed by atoms with Crippen LogP contribution in [-0.2, 0) is 20.2 Å². The van der Waals surface area contributed by atoms with Gasteiger partial charge < -0.3 is 9.05 Å². The van der Waals surface area contributed by atoms with E-state index in [0.29, 0.717) is 6.42 Å². The van der Waals surface area contributed by atoms with Gasteiger partial charge in [0.25, 0.3) is 11.8 Å². The van der Waals surface area contributed by atoms with Gasteiger partial charge in [0.05, 0.1) is 19.4 Å². The van der Waals surface area contributed by atoms with Crippen LogP contribution in [0, 0.1) is 0 Å². The normalized spacial score (nSPS) is 11.3. The first kappa shape index (κ1) is 20.2. The summed E-state index contributed by atoms with van der Waals surface area (Å²) in [5.74, 6) is 8.61. The van der Waals surface area contributed by atoms with Crippen molar-refractivity contribution in [2.75, 3.05) is 19.4 Å². The van der Waals surface area contributed by atoms with E-state index in [1.807, 2.05) is 10.9 Å². The van der Waals surface area contributed by atoms with Crippen molar-refractivity contribution in [3.8, 4) is 0 Å². The fourth-order valence-electron chi connectivity index (χ4n) is 1.96. The van der Waals surface area contributed by atoms with Crippen LogP contribution in [0.15, 0.2) is 0 Å². The molecule has 1 rings (SSSR count). The Labute approximate surface area is 138 Å². The van der Waals surface area contributed by atoms with Crippen LogP contribution in [0.5, 0.6) is 0 Å². The third-order valence-electron chi connectivity index (χ3n) is 2.88. The van der Waals surface area contributed by atoms with E-state index in [0.717, 1.165) is 0 Å². The minimum atomic E-state index is -3.21. The Balaban J connectivity index is 2.88. The number of aryl methyl sites for hydroxylation is 1. The number of aromatic nitrogens is 3. The molecule has 0 aliphatic rings. The zero-order chi connectivity index (χ0) is 18.2. The van der Waals surface area contributed by atoms with Crippen molar-refractivity contribution in [3.63, 3.8) is 0 Å². The standard InChI is InChI=1S/C11H22N7O5P/c1-3-22-24(21,23-4-2)7-5-6-18-9(11(20)15-13)8(16-17-18)10(19)14-12/h3-7,12-13H2,1-2H3,(H,14,19)(H,15,20). The second-order valence-corrected chi connectivity index (χ2v) is 6.67. The van der Waals surface area contributed by atoms with E-state index in [1.54, 1.807) is 13.8 Å². The number of amides is 2. The van der Waals surface area contributed by atoms with E-state index in [1.165, 1.54) is 4.68 Å². The highest BCUT2D eigenvalue weighted by Gasteiger charge is 2.26. The van der Waals surface area contributed by atoms with Crippen LogP contribution in [0.4, 0.5) is 0 Å². The summed E-state index contributed by atoms with van der Waals surface area (Å²) in [7, 11) is -3.21. The molecule has 0 aliphatic carbocycles. The molecule has 12 nitrogen and oxygen atoms in total. The molecule has 1 aromatic heterocycles. The Morgan fingerprint density at radius 3 is 2.25 bits per heavy atom. The maximum atomic E-state index is 12.4. The maximum Gasteiger partial charge on any atom is 0.330 e. The van der Waals surface area contributed by atoms with Crippen LogP contribution in [-0.4, -0.2) is 46.2 Å². The van der Waals surface area contributed by atoms with Crippen molar-refractivity contribution in [2.45, 2.75) is 26.8 Å². The first-order valence-corrected chi connectivity index (χ1v) is 8.98. The first-order chi connectivity index (χ1) is 11.4. The largest absolute Gasteiger partial charge is 0.330 e. The molecule has 0 spiro atoms. The van der Waals surface area contributed by atoms with E-state index in [9.17, 15) is 14.2 Å². The summed E-state index contributed by atoms with van der Waals surface area (Å²) in [6, 6.07) is 0. The van der Waals surface area contributed by atoms with Crippen LogP contribution in [0.2, 0.25) is 0 Å². The zero-order valence-corrected chi connectivity index (χ0v) is 14.4. The van der Waals surface area contributed by atoms with E-state index >= 15 is 0 Å². The Bertz CT molecular complexity index is 610. The Morgan fingerprint density at radius 2 is 1.75 bits per heavy atom. The fraction of sp³-hybridized carbons (Fsp3) is 0.636. The lowest BCUT2D eigenvalue weighted by molar-refractivity contribution is 0.0910. The molecule has 13 heteroatoms. The highest BCUT2D eigenvalue weighted by Crippen LogP contribution is 2.48. The monoisotopic (exact) mass is 363 g/mol. The quantitative estimate of drug-likeness (QED) is 0.178. The van der Waals surface area contributed by atoms with Gasteiger partial charge in [0.1, 0.15) is 0 Å². The van der Waals surface area contributed by atoms with Crippen LogP contribution >= 0.6 is 7.60 Å². The number of hydrazine groups is 2. The number of rotatable bonds is 10. The summed E-state index contributed by atoms with van der Waals surface area (Å²) in [6.45, 7) is 4.08. The molecular weight excluding hydrogens is 341 g/mol. The predicted octanol–water partition coefficient (Wildman–Crippen LogP) is -0.859.